The Morgan fingerprint density at radius 1 is 1.24 bits per heavy atom. The second kappa shape index (κ2) is 4.79. The second-order valence-electron chi connectivity index (χ2n) is 5.44. The topological polar surface area (TPSA) is 29.5 Å². The predicted octanol–water partition coefficient (Wildman–Crippen LogP) is 2.94. The molecule has 1 aliphatic heterocycles. The van der Waals surface area contributed by atoms with E-state index < -0.39 is 5.60 Å². The molecule has 0 saturated carbocycles. The smallest absolute Gasteiger partial charge is 0.0918 e. The molecule has 0 aromatic heterocycles. The molecule has 1 fully saturated rings. The van der Waals surface area contributed by atoms with Crippen molar-refractivity contribution in [1.29, 1.82) is 0 Å². The molecule has 1 heterocycles. The van der Waals surface area contributed by atoms with E-state index in [0.717, 1.165) is 25.0 Å². The molecule has 2 nitrogen and oxygen atoms in total. The number of benzene rings is 1. The summed E-state index contributed by atoms with van der Waals surface area (Å²) in [6, 6.07) is 6.31. The molecule has 0 spiro atoms. The normalized spacial score (nSPS) is 24.4. The van der Waals surface area contributed by atoms with Crippen molar-refractivity contribution < 1.29 is 9.84 Å². The fourth-order valence-corrected chi connectivity index (χ4v) is 2.69. The maximum absolute atomic E-state index is 10.8. The maximum atomic E-state index is 10.8. The van der Waals surface area contributed by atoms with Gasteiger partial charge in [-0.15, -0.1) is 0 Å². The number of aliphatic hydroxyl groups is 1. The third-order valence-electron chi connectivity index (χ3n) is 3.76. The Morgan fingerprint density at radius 2 is 1.88 bits per heavy atom. The van der Waals surface area contributed by atoms with Gasteiger partial charge in [-0.3, -0.25) is 0 Å². The van der Waals surface area contributed by atoms with Gasteiger partial charge in [0.15, 0.2) is 0 Å². The first-order valence-electron chi connectivity index (χ1n) is 6.39. The number of hydrogen-bond acceptors (Lipinski definition) is 2. The van der Waals surface area contributed by atoms with Crippen LogP contribution in [0.2, 0.25) is 0 Å². The number of aryl methyl sites for hydroxylation is 2. The van der Waals surface area contributed by atoms with E-state index in [0.29, 0.717) is 6.61 Å². The Morgan fingerprint density at radius 3 is 2.41 bits per heavy atom. The van der Waals surface area contributed by atoms with Crippen molar-refractivity contribution in [3.8, 4) is 0 Å². The standard InChI is InChI=1S/C15H22O2/c1-11-7-12(2)9-14(8-11)15(3,16)13-5-4-6-17-10-13/h7-9,13,16H,4-6,10H2,1-3H3. The quantitative estimate of drug-likeness (QED) is 0.852. The van der Waals surface area contributed by atoms with Crippen LogP contribution in [0.1, 0.15) is 36.5 Å². The van der Waals surface area contributed by atoms with Gasteiger partial charge in [0.2, 0.25) is 0 Å². The minimum absolute atomic E-state index is 0.206. The minimum Gasteiger partial charge on any atom is -0.385 e. The molecule has 1 aromatic rings. The highest BCUT2D eigenvalue weighted by molar-refractivity contribution is 5.32. The molecule has 17 heavy (non-hydrogen) atoms. The van der Waals surface area contributed by atoms with Gasteiger partial charge in [-0.25, -0.2) is 0 Å². The van der Waals surface area contributed by atoms with Crippen LogP contribution in [0.3, 0.4) is 0 Å². The number of hydrogen-bond donors (Lipinski definition) is 1. The van der Waals surface area contributed by atoms with Gasteiger partial charge in [0, 0.05) is 12.5 Å². The molecule has 1 N–H and O–H groups in total. The summed E-state index contributed by atoms with van der Waals surface area (Å²) < 4.78 is 5.49. The van der Waals surface area contributed by atoms with E-state index in [9.17, 15) is 5.11 Å². The van der Waals surface area contributed by atoms with Gasteiger partial charge in [0.05, 0.1) is 12.2 Å². The first kappa shape index (κ1) is 12.6. The van der Waals surface area contributed by atoms with Crippen LogP contribution in [-0.4, -0.2) is 18.3 Å². The Labute approximate surface area is 104 Å². The van der Waals surface area contributed by atoms with E-state index in [1.54, 1.807) is 0 Å². The SMILES string of the molecule is Cc1cc(C)cc(C(C)(O)C2CCCOC2)c1. The molecule has 0 aliphatic carbocycles. The van der Waals surface area contributed by atoms with E-state index in [4.69, 9.17) is 4.74 Å². The first-order valence-corrected chi connectivity index (χ1v) is 6.39. The van der Waals surface area contributed by atoms with E-state index in [2.05, 4.69) is 32.0 Å². The van der Waals surface area contributed by atoms with Crippen molar-refractivity contribution in [3.05, 3.63) is 34.9 Å². The Balaban J connectivity index is 2.29. The van der Waals surface area contributed by atoms with Gasteiger partial charge in [-0.1, -0.05) is 29.3 Å². The monoisotopic (exact) mass is 234 g/mol. The van der Waals surface area contributed by atoms with E-state index in [1.807, 2.05) is 6.92 Å². The third kappa shape index (κ3) is 2.70. The molecule has 0 bridgehead atoms. The van der Waals surface area contributed by atoms with Crippen molar-refractivity contribution in [2.24, 2.45) is 5.92 Å². The van der Waals surface area contributed by atoms with Crippen LogP contribution in [0, 0.1) is 19.8 Å². The minimum atomic E-state index is -0.781. The summed E-state index contributed by atoms with van der Waals surface area (Å²) in [5, 5.41) is 10.8. The highest BCUT2D eigenvalue weighted by atomic mass is 16.5. The zero-order chi connectivity index (χ0) is 12.5. The van der Waals surface area contributed by atoms with E-state index in [1.165, 1.54) is 11.1 Å². The molecule has 94 valence electrons. The van der Waals surface area contributed by atoms with Gasteiger partial charge in [-0.05, 0) is 39.2 Å². The lowest BCUT2D eigenvalue weighted by Gasteiger charge is -2.36. The Hall–Kier alpha value is -0.860. The lowest BCUT2D eigenvalue weighted by Crippen LogP contribution is -2.37. The Kier molecular flexibility index (Phi) is 3.55. The number of ether oxygens (including phenoxy) is 1. The van der Waals surface area contributed by atoms with E-state index >= 15 is 0 Å². The summed E-state index contributed by atoms with van der Waals surface area (Å²) in [6.07, 6.45) is 2.09. The van der Waals surface area contributed by atoms with Crippen LogP contribution in [0.25, 0.3) is 0 Å². The summed E-state index contributed by atoms with van der Waals surface area (Å²) in [4.78, 5) is 0. The van der Waals surface area contributed by atoms with Gasteiger partial charge < -0.3 is 9.84 Å². The lowest BCUT2D eigenvalue weighted by molar-refractivity contribution is -0.0724. The maximum Gasteiger partial charge on any atom is 0.0918 e. The molecule has 2 heteroatoms. The second-order valence-corrected chi connectivity index (χ2v) is 5.44. The first-order chi connectivity index (χ1) is 8.00. The summed E-state index contributed by atoms with van der Waals surface area (Å²) in [6.45, 7) is 7.56. The summed E-state index contributed by atoms with van der Waals surface area (Å²) in [7, 11) is 0. The highest BCUT2D eigenvalue weighted by Gasteiger charge is 2.35. The van der Waals surface area contributed by atoms with Crippen molar-refractivity contribution in [1.82, 2.24) is 0 Å². The van der Waals surface area contributed by atoms with Crippen LogP contribution in [0.4, 0.5) is 0 Å². The summed E-state index contributed by atoms with van der Waals surface area (Å²) in [5.41, 5.74) is 2.65. The van der Waals surface area contributed by atoms with Crippen LogP contribution in [-0.2, 0) is 10.3 Å². The lowest BCUT2D eigenvalue weighted by atomic mass is 9.79. The van der Waals surface area contributed by atoms with Crippen molar-refractivity contribution in [2.45, 2.75) is 39.2 Å². The third-order valence-corrected chi connectivity index (χ3v) is 3.76. The largest absolute Gasteiger partial charge is 0.385 e. The van der Waals surface area contributed by atoms with Gasteiger partial charge >= 0.3 is 0 Å². The van der Waals surface area contributed by atoms with E-state index in [-0.39, 0.29) is 5.92 Å². The fraction of sp³-hybridized carbons (Fsp3) is 0.600. The van der Waals surface area contributed by atoms with Crippen molar-refractivity contribution >= 4 is 0 Å². The zero-order valence-electron chi connectivity index (χ0n) is 11.0. The van der Waals surface area contributed by atoms with Crippen LogP contribution >= 0.6 is 0 Å². The molecular formula is C15H22O2. The summed E-state index contributed by atoms with van der Waals surface area (Å²) >= 11 is 0. The van der Waals surface area contributed by atoms with Crippen LogP contribution in [0.15, 0.2) is 18.2 Å². The van der Waals surface area contributed by atoms with Crippen molar-refractivity contribution in [3.63, 3.8) is 0 Å². The van der Waals surface area contributed by atoms with Gasteiger partial charge in [0.25, 0.3) is 0 Å². The van der Waals surface area contributed by atoms with Gasteiger partial charge in [-0.2, -0.15) is 0 Å². The molecule has 1 aliphatic rings. The summed E-state index contributed by atoms with van der Waals surface area (Å²) in [5.74, 6) is 0.206. The van der Waals surface area contributed by atoms with Crippen molar-refractivity contribution in [2.75, 3.05) is 13.2 Å². The molecular weight excluding hydrogens is 212 g/mol. The highest BCUT2D eigenvalue weighted by Crippen LogP contribution is 2.35. The number of rotatable bonds is 2. The molecule has 0 radical (unpaired) electrons. The Bertz CT molecular complexity index is 370. The molecule has 2 unspecified atom stereocenters. The zero-order valence-corrected chi connectivity index (χ0v) is 11.0. The fourth-order valence-electron chi connectivity index (χ4n) is 2.69. The molecule has 1 aromatic carbocycles. The molecule has 2 rings (SSSR count). The molecule has 2 atom stereocenters. The average Bonchev–Trinajstić information content (AvgIpc) is 2.29. The average molecular weight is 234 g/mol. The van der Waals surface area contributed by atoms with Crippen LogP contribution in [0.5, 0.6) is 0 Å². The molecule has 0 amide bonds. The predicted molar refractivity (Wildman–Crippen MR) is 69.0 cm³/mol. The van der Waals surface area contributed by atoms with Crippen LogP contribution < -0.4 is 0 Å². The van der Waals surface area contributed by atoms with Gasteiger partial charge in [0.1, 0.15) is 0 Å². The molecule has 1 saturated heterocycles.